The fourth-order valence-corrected chi connectivity index (χ4v) is 1.72. The van der Waals surface area contributed by atoms with Crippen LogP contribution in [0.5, 0.6) is 0 Å². The number of hydrogen-bond donors (Lipinski definition) is 1. The molecule has 1 aromatic rings. The normalized spacial score (nSPS) is 13.8. The zero-order valence-corrected chi connectivity index (χ0v) is 11.1. The van der Waals surface area contributed by atoms with Crippen molar-refractivity contribution in [2.45, 2.75) is 20.3 Å². The second kappa shape index (κ2) is 5.23. The molecule has 0 aromatic carbocycles. The monoisotopic (exact) mass is 251 g/mol. The van der Waals surface area contributed by atoms with Gasteiger partial charge in [0.15, 0.2) is 0 Å². The van der Waals surface area contributed by atoms with Crippen molar-refractivity contribution in [3.05, 3.63) is 24.5 Å². The van der Waals surface area contributed by atoms with Gasteiger partial charge in [-0.05, 0) is 25.5 Å². The lowest BCUT2D eigenvalue weighted by Crippen LogP contribution is -2.47. The summed E-state index contributed by atoms with van der Waals surface area (Å²) >= 11 is 4.99. The van der Waals surface area contributed by atoms with E-state index in [2.05, 4.69) is 4.98 Å². The molecule has 5 heteroatoms. The Morgan fingerprint density at radius 3 is 2.47 bits per heavy atom. The molecular formula is C12H17N3OS. The Morgan fingerprint density at radius 2 is 2.06 bits per heavy atom. The average molecular weight is 251 g/mol. The molecule has 0 bridgehead atoms. The lowest BCUT2D eigenvalue weighted by atomic mass is 9.86. The van der Waals surface area contributed by atoms with Crippen molar-refractivity contribution in [1.29, 1.82) is 0 Å². The molecule has 0 saturated carbocycles. The summed E-state index contributed by atoms with van der Waals surface area (Å²) in [5, 5.41) is 0. The molecule has 1 amide bonds. The summed E-state index contributed by atoms with van der Waals surface area (Å²) < 4.78 is 0. The minimum absolute atomic E-state index is 0.0984. The Hall–Kier alpha value is -1.49. The van der Waals surface area contributed by atoms with Crippen LogP contribution >= 0.6 is 12.2 Å². The topological polar surface area (TPSA) is 59.2 Å². The van der Waals surface area contributed by atoms with Gasteiger partial charge in [0.1, 0.15) is 0 Å². The van der Waals surface area contributed by atoms with E-state index in [-0.39, 0.29) is 10.9 Å². The van der Waals surface area contributed by atoms with Crippen molar-refractivity contribution in [2.75, 3.05) is 11.9 Å². The largest absolute Gasteiger partial charge is 0.392 e. The first kappa shape index (κ1) is 13.6. The van der Waals surface area contributed by atoms with E-state index >= 15 is 0 Å². The first-order chi connectivity index (χ1) is 7.93. The molecule has 0 radical (unpaired) electrons. The molecular weight excluding hydrogens is 234 g/mol. The number of amides is 1. The third kappa shape index (κ3) is 2.61. The van der Waals surface area contributed by atoms with Crippen LogP contribution in [0.4, 0.5) is 5.69 Å². The molecule has 92 valence electrons. The summed E-state index contributed by atoms with van der Waals surface area (Å²) in [5.41, 5.74) is 5.65. The second-order valence-corrected chi connectivity index (χ2v) is 4.56. The quantitative estimate of drug-likeness (QED) is 0.828. The number of nitrogens with zero attached hydrogens (tertiary/aromatic N) is 2. The number of carbonyl (C=O) groups excluding carboxylic acids is 1. The number of rotatable bonds is 4. The molecule has 0 saturated heterocycles. The van der Waals surface area contributed by atoms with Crippen LogP contribution in [-0.2, 0) is 4.79 Å². The van der Waals surface area contributed by atoms with Crippen LogP contribution in [0, 0.1) is 5.41 Å². The average Bonchev–Trinajstić information content (AvgIpc) is 2.36. The van der Waals surface area contributed by atoms with E-state index in [9.17, 15) is 4.79 Å². The van der Waals surface area contributed by atoms with Crippen LogP contribution in [-0.4, -0.2) is 22.9 Å². The third-order valence-corrected chi connectivity index (χ3v) is 3.53. The van der Waals surface area contributed by atoms with Gasteiger partial charge in [-0.3, -0.25) is 9.78 Å². The standard InChI is InChI=1S/C12H17N3OS/c1-4-12(2,10(13)17)11(16)15(3)9-5-7-14-8-6-9/h5-8H,4H2,1-3H3,(H2,13,17). The SMILES string of the molecule is CCC(C)(C(=O)N(C)c1ccncc1)C(N)=S. The van der Waals surface area contributed by atoms with Gasteiger partial charge in [-0.2, -0.15) is 0 Å². The van der Waals surface area contributed by atoms with Gasteiger partial charge < -0.3 is 10.6 Å². The first-order valence-corrected chi connectivity index (χ1v) is 5.82. The van der Waals surface area contributed by atoms with Gasteiger partial charge in [-0.1, -0.05) is 19.1 Å². The van der Waals surface area contributed by atoms with Crippen LogP contribution in [0.2, 0.25) is 0 Å². The van der Waals surface area contributed by atoms with E-state index in [1.165, 1.54) is 0 Å². The van der Waals surface area contributed by atoms with Crippen molar-refractivity contribution in [1.82, 2.24) is 4.98 Å². The molecule has 0 aliphatic rings. The minimum Gasteiger partial charge on any atom is -0.392 e. The van der Waals surface area contributed by atoms with Crippen LogP contribution < -0.4 is 10.6 Å². The van der Waals surface area contributed by atoms with E-state index in [4.69, 9.17) is 18.0 Å². The Balaban J connectivity index is 3.01. The van der Waals surface area contributed by atoms with Crippen LogP contribution in [0.15, 0.2) is 24.5 Å². The highest BCUT2D eigenvalue weighted by Gasteiger charge is 2.37. The number of carbonyl (C=O) groups is 1. The maximum Gasteiger partial charge on any atom is 0.239 e. The molecule has 0 spiro atoms. The van der Waals surface area contributed by atoms with Crippen LogP contribution in [0.3, 0.4) is 0 Å². The van der Waals surface area contributed by atoms with Crippen LogP contribution in [0.25, 0.3) is 0 Å². The minimum atomic E-state index is -0.798. The molecule has 1 rings (SSSR count). The predicted molar refractivity (Wildman–Crippen MR) is 72.8 cm³/mol. The molecule has 0 fully saturated rings. The Labute approximate surface area is 107 Å². The lowest BCUT2D eigenvalue weighted by molar-refractivity contribution is -0.124. The smallest absolute Gasteiger partial charge is 0.239 e. The number of pyridine rings is 1. The van der Waals surface area contributed by atoms with Gasteiger partial charge in [-0.15, -0.1) is 0 Å². The molecule has 0 aliphatic carbocycles. The number of hydrogen-bond acceptors (Lipinski definition) is 3. The number of anilines is 1. The molecule has 1 unspecified atom stereocenters. The predicted octanol–water partition coefficient (Wildman–Crippen LogP) is 1.75. The third-order valence-electron chi connectivity index (χ3n) is 3.08. The van der Waals surface area contributed by atoms with E-state index in [1.54, 1.807) is 43.4 Å². The Morgan fingerprint density at radius 1 is 1.53 bits per heavy atom. The van der Waals surface area contributed by atoms with Crippen molar-refractivity contribution < 1.29 is 4.79 Å². The molecule has 0 aliphatic heterocycles. The van der Waals surface area contributed by atoms with Crippen molar-refractivity contribution in [2.24, 2.45) is 11.1 Å². The summed E-state index contributed by atoms with van der Waals surface area (Å²) in [5.74, 6) is -0.0984. The summed E-state index contributed by atoms with van der Waals surface area (Å²) in [4.78, 5) is 18.1. The maximum atomic E-state index is 12.4. The summed E-state index contributed by atoms with van der Waals surface area (Å²) in [6, 6.07) is 3.54. The van der Waals surface area contributed by atoms with Gasteiger partial charge in [0.25, 0.3) is 0 Å². The molecule has 4 nitrogen and oxygen atoms in total. The maximum absolute atomic E-state index is 12.4. The number of aromatic nitrogens is 1. The van der Waals surface area contributed by atoms with E-state index < -0.39 is 5.41 Å². The van der Waals surface area contributed by atoms with E-state index in [0.29, 0.717) is 6.42 Å². The zero-order valence-electron chi connectivity index (χ0n) is 10.3. The fraction of sp³-hybridized carbons (Fsp3) is 0.417. The van der Waals surface area contributed by atoms with Crippen molar-refractivity contribution in [3.63, 3.8) is 0 Å². The first-order valence-electron chi connectivity index (χ1n) is 5.41. The molecule has 17 heavy (non-hydrogen) atoms. The highest BCUT2D eigenvalue weighted by Crippen LogP contribution is 2.26. The lowest BCUT2D eigenvalue weighted by Gasteiger charge is -2.30. The molecule has 2 N–H and O–H groups in total. The van der Waals surface area contributed by atoms with Gasteiger partial charge in [-0.25, -0.2) is 0 Å². The van der Waals surface area contributed by atoms with Gasteiger partial charge in [0.2, 0.25) is 5.91 Å². The Bertz CT molecular complexity index is 421. The summed E-state index contributed by atoms with van der Waals surface area (Å²) in [7, 11) is 1.71. The van der Waals surface area contributed by atoms with E-state index in [1.807, 2.05) is 6.92 Å². The van der Waals surface area contributed by atoms with Crippen molar-refractivity contribution >= 4 is 28.8 Å². The zero-order chi connectivity index (χ0) is 13.1. The highest BCUT2D eigenvalue weighted by atomic mass is 32.1. The highest BCUT2D eigenvalue weighted by molar-refractivity contribution is 7.80. The fourth-order valence-electron chi connectivity index (χ4n) is 1.49. The number of thiocarbonyl (C=S) groups is 1. The molecule has 1 heterocycles. The summed E-state index contributed by atoms with van der Waals surface area (Å²) in [6.45, 7) is 3.67. The molecule has 1 aromatic heterocycles. The Kier molecular flexibility index (Phi) is 4.17. The van der Waals surface area contributed by atoms with E-state index in [0.717, 1.165) is 5.69 Å². The van der Waals surface area contributed by atoms with Gasteiger partial charge in [0.05, 0.1) is 10.4 Å². The number of nitrogens with two attached hydrogens (primary N) is 1. The van der Waals surface area contributed by atoms with Gasteiger partial charge >= 0.3 is 0 Å². The molecule has 1 atom stereocenters. The summed E-state index contributed by atoms with van der Waals surface area (Å²) in [6.07, 6.45) is 3.86. The van der Waals surface area contributed by atoms with Crippen molar-refractivity contribution in [3.8, 4) is 0 Å². The van der Waals surface area contributed by atoms with Gasteiger partial charge in [0, 0.05) is 25.1 Å². The van der Waals surface area contributed by atoms with Crippen LogP contribution in [0.1, 0.15) is 20.3 Å². The second-order valence-electron chi connectivity index (χ2n) is 4.12.